The molecule has 1 saturated heterocycles. The van der Waals surface area contributed by atoms with Gasteiger partial charge < -0.3 is 15.4 Å². The highest BCUT2D eigenvalue weighted by Crippen LogP contribution is 2.25. The number of nitrogens with zero attached hydrogens (tertiary/aromatic N) is 2. The Labute approximate surface area is 143 Å². The van der Waals surface area contributed by atoms with Gasteiger partial charge in [0.05, 0.1) is 16.8 Å². The standard InChI is InChI=1S/C15H17ClN4O2S/c1-9-13(14(21)18-8-11-3-2-6-22-11)23-15(19-9)20-12-5-4-10(16)7-17-12/h4-5,7,11H,2-3,6,8H2,1H3,(H,18,21)(H,17,19,20)/t11-/m1/s1. The van der Waals surface area contributed by atoms with E-state index in [0.29, 0.717) is 33.1 Å². The lowest BCUT2D eigenvalue weighted by molar-refractivity contribution is 0.0860. The van der Waals surface area contributed by atoms with E-state index < -0.39 is 0 Å². The van der Waals surface area contributed by atoms with Crippen LogP contribution in [0.4, 0.5) is 10.9 Å². The van der Waals surface area contributed by atoms with E-state index in [4.69, 9.17) is 16.3 Å². The van der Waals surface area contributed by atoms with E-state index in [1.165, 1.54) is 11.3 Å². The fourth-order valence-electron chi connectivity index (χ4n) is 2.31. The number of pyridine rings is 1. The molecule has 1 aliphatic heterocycles. The zero-order chi connectivity index (χ0) is 16.2. The summed E-state index contributed by atoms with van der Waals surface area (Å²) in [7, 11) is 0. The Bertz CT molecular complexity index is 683. The maximum Gasteiger partial charge on any atom is 0.263 e. The molecule has 0 bridgehead atoms. The van der Waals surface area contributed by atoms with Gasteiger partial charge in [-0.3, -0.25) is 4.79 Å². The number of thiazole rings is 1. The van der Waals surface area contributed by atoms with Crippen LogP contribution in [0.3, 0.4) is 0 Å². The van der Waals surface area contributed by atoms with Gasteiger partial charge in [0.2, 0.25) is 0 Å². The molecule has 1 aliphatic rings. The Morgan fingerprint density at radius 1 is 1.52 bits per heavy atom. The normalized spacial score (nSPS) is 17.2. The van der Waals surface area contributed by atoms with Crippen molar-refractivity contribution in [3.63, 3.8) is 0 Å². The van der Waals surface area contributed by atoms with E-state index in [0.717, 1.165) is 19.4 Å². The van der Waals surface area contributed by atoms with E-state index >= 15 is 0 Å². The highest BCUT2D eigenvalue weighted by Gasteiger charge is 2.19. The number of hydrogen-bond donors (Lipinski definition) is 2. The first kappa shape index (κ1) is 16.2. The second kappa shape index (κ2) is 7.25. The first-order valence-electron chi connectivity index (χ1n) is 7.37. The largest absolute Gasteiger partial charge is 0.376 e. The van der Waals surface area contributed by atoms with Crippen LogP contribution in [0.1, 0.15) is 28.2 Å². The number of rotatable bonds is 5. The summed E-state index contributed by atoms with van der Waals surface area (Å²) in [6, 6.07) is 3.50. The zero-order valence-corrected chi connectivity index (χ0v) is 14.2. The number of aryl methyl sites for hydroxylation is 1. The average Bonchev–Trinajstić information content (AvgIpc) is 3.17. The first-order valence-corrected chi connectivity index (χ1v) is 8.57. The van der Waals surface area contributed by atoms with Crippen molar-refractivity contribution in [3.8, 4) is 0 Å². The predicted octanol–water partition coefficient (Wildman–Crippen LogP) is 3.15. The minimum atomic E-state index is -0.118. The van der Waals surface area contributed by atoms with Crippen molar-refractivity contribution >= 4 is 39.8 Å². The van der Waals surface area contributed by atoms with Gasteiger partial charge in [-0.15, -0.1) is 0 Å². The molecule has 0 spiro atoms. The number of halogens is 1. The number of nitrogens with one attached hydrogen (secondary N) is 2. The number of carbonyl (C=O) groups is 1. The van der Waals surface area contributed by atoms with Crippen molar-refractivity contribution < 1.29 is 9.53 Å². The fraction of sp³-hybridized carbons (Fsp3) is 0.400. The number of anilines is 2. The Kier molecular flexibility index (Phi) is 5.09. The van der Waals surface area contributed by atoms with E-state index in [-0.39, 0.29) is 12.0 Å². The quantitative estimate of drug-likeness (QED) is 0.864. The van der Waals surface area contributed by atoms with Gasteiger partial charge in [-0.2, -0.15) is 0 Å². The third-order valence-corrected chi connectivity index (χ3v) is 4.77. The Balaban J connectivity index is 1.62. The summed E-state index contributed by atoms with van der Waals surface area (Å²) in [4.78, 5) is 21.4. The third kappa shape index (κ3) is 4.19. The van der Waals surface area contributed by atoms with Crippen LogP contribution in [-0.4, -0.2) is 35.1 Å². The van der Waals surface area contributed by atoms with Gasteiger partial charge in [0.15, 0.2) is 5.13 Å². The highest BCUT2D eigenvalue weighted by atomic mass is 35.5. The van der Waals surface area contributed by atoms with Gasteiger partial charge in [0, 0.05) is 19.3 Å². The lowest BCUT2D eigenvalue weighted by atomic mass is 10.2. The summed E-state index contributed by atoms with van der Waals surface area (Å²) in [5, 5.41) is 7.18. The molecule has 122 valence electrons. The first-order chi connectivity index (χ1) is 11.1. The van der Waals surface area contributed by atoms with Crippen molar-refractivity contribution in [2.45, 2.75) is 25.9 Å². The minimum absolute atomic E-state index is 0.118. The SMILES string of the molecule is Cc1nc(Nc2ccc(Cl)cn2)sc1C(=O)NC[C@H]1CCCO1. The molecule has 23 heavy (non-hydrogen) atoms. The smallest absolute Gasteiger partial charge is 0.263 e. The summed E-state index contributed by atoms with van der Waals surface area (Å²) >= 11 is 7.11. The van der Waals surface area contributed by atoms with Crippen LogP contribution in [0.15, 0.2) is 18.3 Å². The predicted molar refractivity (Wildman–Crippen MR) is 90.7 cm³/mol. The molecule has 3 heterocycles. The van der Waals surface area contributed by atoms with Crippen molar-refractivity contribution in [3.05, 3.63) is 33.9 Å². The zero-order valence-electron chi connectivity index (χ0n) is 12.6. The highest BCUT2D eigenvalue weighted by molar-refractivity contribution is 7.17. The fourth-order valence-corrected chi connectivity index (χ4v) is 3.31. The van der Waals surface area contributed by atoms with Crippen LogP contribution < -0.4 is 10.6 Å². The van der Waals surface area contributed by atoms with Gasteiger partial charge in [-0.1, -0.05) is 22.9 Å². The number of carbonyl (C=O) groups excluding carboxylic acids is 1. The molecule has 1 fully saturated rings. The van der Waals surface area contributed by atoms with Gasteiger partial charge in [0.25, 0.3) is 5.91 Å². The molecule has 1 atom stereocenters. The molecule has 8 heteroatoms. The number of amides is 1. The van der Waals surface area contributed by atoms with E-state index in [2.05, 4.69) is 20.6 Å². The summed E-state index contributed by atoms with van der Waals surface area (Å²) in [6.07, 6.45) is 3.74. The summed E-state index contributed by atoms with van der Waals surface area (Å²) in [5.74, 6) is 0.516. The van der Waals surface area contributed by atoms with Crippen LogP contribution >= 0.6 is 22.9 Å². The monoisotopic (exact) mass is 352 g/mol. The molecule has 6 nitrogen and oxygen atoms in total. The Hall–Kier alpha value is -1.70. The van der Waals surface area contributed by atoms with Crippen molar-refractivity contribution in [1.29, 1.82) is 0 Å². The van der Waals surface area contributed by atoms with Crippen LogP contribution in [0.5, 0.6) is 0 Å². The van der Waals surface area contributed by atoms with Crippen LogP contribution in [0, 0.1) is 6.92 Å². The van der Waals surface area contributed by atoms with Gasteiger partial charge in [-0.25, -0.2) is 9.97 Å². The van der Waals surface area contributed by atoms with Crippen LogP contribution in [-0.2, 0) is 4.74 Å². The molecule has 0 unspecified atom stereocenters. The Morgan fingerprint density at radius 2 is 2.39 bits per heavy atom. The minimum Gasteiger partial charge on any atom is -0.376 e. The molecule has 0 aromatic carbocycles. The lowest BCUT2D eigenvalue weighted by Crippen LogP contribution is -2.31. The molecule has 2 aromatic heterocycles. The Morgan fingerprint density at radius 3 is 3.09 bits per heavy atom. The van der Waals surface area contributed by atoms with Gasteiger partial charge >= 0.3 is 0 Å². The van der Waals surface area contributed by atoms with Gasteiger partial charge in [0.1, 0.15) is 10.7 Å². The molecule has 3 rings (SSSR count). The summed E-state index contributed by atoms with van der Waals surface area (Å²) in [5.41, 5.74) is 0.691. The average molecular weight is 353 g/mol. The van der Waals surface area contributed by atoms with E-state index in [9.17, 15) is 4.79 Å². The molecule has 0 saturated carbocycles. The van der Waals surface area contributed by atoms with Crippen LogP contribution in [0.2, 0.25) is 5.02 Å². The maximum atomic E-state index is 12.3. The molecular weight excluding hydrogens is 336 g/mol. The second-order valence-electron chi connectivity index (χ2n) is 5.27. The van der Waals surface area contributed by atoms with E-state index in [1.807, 2.05) is 6.92 Å². The number of hydrogen-bond acceptors (Lipinski definition) is 6. The van der Waals surface area contributed by atoms with E-state index in [1.54, 1.807) is 18.3 Å². The van der Waals surface area contributed by atoms with Crippen molar-refractivity contribution in [2.24, 2.45) is 0 Å². The summed E-state index contributed by atoms with van der Waals surface area (Å²) < 4.78 is 5.50. The number of aromatic nitrogens is 2. The topological polar surface area (TPSA) is 76.1 Å². The maximum absolute atomic E-state index is 12.3. The molecule has 0 aliphatic carbocycles. The van der Waals surface area contributed by atoms with Crippen molar-refractivity contribution in [1.82, 2.24) is 15.3 Å². The van der Waals surface area contributed by atoms with Crippen LogP contribution in [0.25, 0.3) is 0 Å². The summed E-state index contributed by atoms with van der Waals surface area (Å²) in [6.45, 7) is 3.14. The molecule has 0 radical (unpaired) electrons. The molecule has 1 amide bonds. The lowest BCUT2D eigenvalue weighted by Gasteiger charge is -2.09. The van der Waals surface area contributed by atoms with Gasteiger partial charge in [-0.05, 0) is 31.9 Å². The second-order valence-corrected chi connectivity index (χ2v) is 6.70. The number of ether oxygens (including phenoxy) is 1. The third-order valence-electron chi connectivity index (χ3n) is 3.48. The molecule has 2 aromatic rings. The molecular formula is C15H17ClN4O2S. The molecule has 2 N–H and O–H groups in total. The van der Waals surface area contributed by atoms with Crippen molar-refractivity contribution in [2.75, 3.05) is 18.5 Å².